The van der Waals surface area contributed by atoms with Crippen LogP contribution in [0.5, 0.6) is 0 Å². The molecule has 1 aromatic rings. The third-order valence-electron chi connectivity index (χ3n) is 1.54. The molecule has 0 aliphatic rings. The SMILES string of the molecule is COC(=O)/C(Br)=C\c1ccc(Br)cc1. The van der Waals surface area contributed by atoms with Gasteiger partial charge in [0, 0.05) is 4.47 Å². The zero-order chi connectivity index (χ0) is 10.6. The van der Waals surface area contributed by atoms with Gasteiger partial charge < -0.3 is 4.74 Å². The van der Waals surface area contributed by atoms with Crippen LogP contribution in [0.2, 0.25) is 0 Å². The van der Waals surface area contributed by atoms with Crippen LogP contribution in [0.1, 0.15) is 5.56 Å². The van der Waals surface area contributed by atoms with Gasteiger partial charge in [-0.3, -0.25) is 0 Å². The van der Waals surface area contributed by atoms with Gasteiger partial charge in [-0.1, -0.05) is 28.1 Å². The molecule has 0 heterocycles. The molecular weight excluding hydrogens is 312 g/mol. The molecule has 0 aliphatic heterocycles. The third-order valence-corrected chi connectivity index (χ3v) is 2.63. The summed E-state index contributed by atoms with van der Waals surface area (Å²) >= 11 is 6.46. The average Bonchev–Trinajstić information content (AvgIpc) is 2.20. The van der Waals surface area contributed by atoms with Crippen molar-refractivity contribution in [3.8, 4) is 0 Å². The van der Waals surface area contributed by atoms with Gasteiger partial charge in [0.1, 0.15) is 4.48 Å². The molecule has 0 spiro atoms. The van der Waals surface area contributed by atoms with Crippen molar-refractivity contribution in [3.05, 3.63) is 38.8 Å². The van der Waals surface area contributed by atoms with E-state index >= 15 is 0 Å². The first-order valence-corrected chi connectivity index (χ1v) is 5.43. The van der Waals surface area contributed by atoms with Crippen molar-refractivity contribution < 1.29 is 9.53 Å². The van der Waals surface area contributed by atoms with Crippen molar-refractivity contribution in [2.45, 2.75) is 0 Å². The zero-order valence-electron chi connectivity index (χ0n) is 7.46. The van der Waals surface area contributed by atoms with Gasteiger partial charge in [-0.15, -0.1) is 0 Å². The molecule has 0 aromatic heterocycles. The first kappa shape index (κ1) is 11.5. The predicted molar refractivity (Wildman–Crippen MR) is 63.1 cm³/mol. The molecule has 74 valence electrons. The second-order valence-electron chi connectivity index (χ2n) is 2.54. The normalized spacial score (nSPS) is 11.2. The largest absolute Gasteiger partial charge is 0.465 e. The standard InChI is InChI=1S/C10H8Br2O2/c1-14-10(13)9(12)6-7-2-4-8(11)5-3-7/h2-6H,1H3/b9-6+. The number of esters is 1. The fourth-order valence-corrected chi connectivity index (χ4v) is 1.55. The summed E-state index contributed by atoms with van der Waals surface area (Å²) in [5, 5.41) is 0. The Balaban J connectivity index is 2.86. The molecule has 0 aliphatic carbocycles. The van der Waals surface area contributed by atoms with Gasteiger partial charge in [-0.25, -0.2) is 4.79 Å². The van der Waals surface area contributed by atoms with E-state index in [1.807, 2.05) is 24.3 Å². The number of hydrogen-bond acceptors (Lipinski definition) is 2. The van der Waals surface area contributed by atoms with Gasteiger partial charge in [0.25, 0.3) is 0 Å². The minimum atomic E-state index is -0.382. The lowest BCUT2D eigenvalue weighted by Gasteiger charge is -1.97. The van der Waals surface area contributed by atoms with Crippen LogP contribution in [0.15, 0.2) is 33.2 Å². The lowest BCUT2D eigenvalue weighted by atomic mass is 10.2. The van der Waals surface area contributed by atoms with E-state index in [1.165, 1.54) is 7.11 Å². The molecule has 14 heavy (non-hydrogen) atoms. The monoisotopic (exact) mass is 318 g/mol. The van der Waals surface area contributed by atoms with E-state index in [1.54, 1.807) is 6.08 Å². The fraction of sp³-hybridized carbons (Fsp3) is 0.100. The Labute approximate surface area is 99.2 Å². The lowest BCUT2D eigenvalue weighted by Crippen LogP contribution is -1.98. The quantitative estimate of drug-likeness (QED) is 0.617. The highest BCUT2D eigenvalue weighted by atomic mass is 79.9. The van der Waals surface area contributed by atoms with E-state index in [0.29, 0.717) is 4.48 Å². The summed E-state index contributed by atoms with van der Waals surface area (Å²) in [6.45, 7) is 0. The van der Waals surface area contributed by atoms with Crippen molar-refractivity contribution in [2.75, 3.05) is 7.11 Å². The van der Waals surface area contributed by atoms with E-state index < -0.39 is 0 Å². The summed E-state index contributed by atoms with van der Waals surface area (Å²) in [6.07, 6.45) is 1.71. The first-order valence-electron chi connectivity index (χ1n) is 3.84. The Morgan fingerprint density at radius 3 is 2.43 bits per heavy atom. The highest BCUT2D eigenvalue weighted by molar-refractivity contribution is 9.12. The maximum Gasteiger partial charge on any atom is 0.344 e. The molecule has 0 bridgehead atoms. The van der Waals surface area contributed by atoms with E-state index in [9.17, 15) is 4.79 Å². The third kappa shape index (κ3) is 3.27. The zero-order valence-corrected chi connectivity index (χ0v) is 10.6. The predicted octanol–water partition coefficient (Wildman–Crippen LogP) is 3.36. The maximum absolute atomic E-state index is 11.0. The van der Waals surface area contributed by atoms with E-state index in [2.05, 4.69) is 36.6 Å². The molecular formula is C10H8Br2O2. The van der Waals surface area contributed by atoms with Crippen LogP contribution in [-0.4, -0.2) is 13.1 Å². The van der Waals surface area contributed by atoms with Crippen LogP contribution in [0.4, 0.5) is 0 Å². The van der Waals surface area contributed by atoms with Crippen LogP contribution >= 0.6 is 31.9 Å². The van der Waals surface area contributed by atoms with Gasteiger partial charge in [0.2, 0.25) is 0 Å². The summed E-state index contributed by atoms with van der Waals surface area (Å²) < 4.78 is 5.95. The topological polar surface area (TPSA) is 26.3 Å². The summed E-state index contributed by atoms with van der Waals surface area (Å²) in [5.74, 6) is -0.382. The number of rotatable bonds is 2. The Morgan fingerprint density at radius 2 is 1.93 bits per heavy atom. The van der Waals surface area contributed by atoms with Gasteiger partial charge in [0.15, 0.2) is 0 Å². The van der Waals surface area contributed by atoms with Crippen molar-refractivity contribution in [3.63, 3.8) is 0 Å². The fourth-order valence-electron chi connectivity index (χ4n) is 0.862. The number of ether oxygens (including phenoxy) is 1. The Bertz CT molecular complexity index is 355. The minimum absolute atomic E-state index is 0.382. The summed E-state index contributed by atoms with van der Waals surface area (Å²) in [4.78, 5) is 11.0. The Hall–Kier alpha value is -0.610. The average molecular weight is 320 g/mol. The number of methoxy groups -OCH3 is 1. The number of benzene rings is 1. The second-order valence-corrected chi connectivity index (χ2v) is 4.31. The molecule has 1 aromatic carbocycles. The second kappa shape index (κ2) is 5.32. The van der Waals surface area contributed by atoms with Gasteiger partial charge in [-0.2, -0.15) is 0 Å². The molecule has 0 fully saturated rings. The highest BCUT2D eigenvalue weighted by Gasteiger charge is 2.04. The van der Waals surface area contributed by atoms with E-state index in [0.717, 1.165) is 10.0 Å². The number of carbonyl (C=O) groups is 1. The van der Waals surface area contributed by atoms with Crippen LogP contribution < -0.4 is 0 Å². The molecule has 0 amide bonds. The summed E-state index contributed by atoms with van der Waals surface area (Å²) in [6, 6.07) is 7.61. The summed E-state index contributed by atoms with van der Waals surface area (Å²) in [7, 11) is 1.35. The maximum atomic E-state index is 11.0. The molecule has 0 saturated carbocycles. The van der Waals surface area contributed by atoms with Crippen molar-refractivity contribution >= 4 is 43.9 Å². The minimum Gasteiger partial charge on any atom is -0.465 e. The Kier molecular flexibility index (Phi) is 4.35. The molecule has 0 radical (unpaired) electrons. The molecule has 2 nitrogen and oxygen atoms in total. The first-order chi connectivity index (χ1) is 6.63. The Morgan fingerprint density at radius 1 is 1.36 bits per heavy atom. The van der Waals surface area contributed by atoms with Crippen LogP contribution in [0.25, 0.3) is 6.08 Å². The van der Waals surface area contributed by atoms with Gasteiger partial charge in [0.05, 0.1) is 7.11 Å². The summed E-state index contributed by atoms with van der Waals surface area (Å²) in [5.41, 5.74) is 0.936. The number of halogens is 2. The molecule has 0 N–H and O–H groups in total. The van der Waals surface area contributed by atoms with E-state index in [4.69, 9.17) is 0 Å². The molecule has 4 heteroatoms. The van der Waals surface area contributed by atoms with Crippen LogP contribution in [0, 0.1) is 0 Å². The van der Waals surface area contributed by atoms with Gasteiger partial charge >= 0.3 is 5.97 Å². The van der Waals surface area contributed by atoms with Crippen molar-refractivity contribution in [2.24, 2.45) is 0 Å². The molecule has 0 unspecified atom stereocenters. The smallest absolute Gasteiger partial charge is 0.344 e. The van der Waals surface area contributed by atoms with Crippen LogP contribution in [0.3, 0.4) is 0 Å². The van der Waals surface area contributed by atoms with E-state index in [-0.39, 0.29) is 5.97 Å². The molecule has 0 atom stereocenters. The molecule has 0 saturated heterocycles. The van der Waals surface area contributed by atoms with Gasteiger partial charge in [-0.05, 0) is 39.7 Å². The van der Waals surface area contributed by atoms with Crippen molar-refractivity contribution in [1.29, 1.82) is 0 Å². The number of hydrogen-bond donors (Lipinski definition) is 0. The van der Waals surface area contributed by atoms with Crippen LogP contribution in [-0.2, 0) is 9.53 Å². The lowest BCUT2D eigenvalue weighted by molar-refractivity contribution is -0.135. The molecule has 1 rings (SSSR count). The van der Waals surface area contributed by atoms with Crippen molar-refractivity contribution in [1.82, 2.24) is 0 Å². The highest BCUT2D eigenvalue weighted by Crippen LogP contribution is 2.16. The number of carbonyl (C=O) groups excluding carboxylic acids is 1.